The third-order valence-corrected chi connectivity index (χ3v) is 3.82. The molecule has 2 rings (SSSR count). The van der Waals surface area contributed by atoms with Gasteiger partial charge in [0, 0.05) is 28.1 Å². The van der Waals surface area contributed by atoms with Crippen LogP contribution in [0.15, 0.2) is 23.7 Å². The van der Waals surface area contributed by atoms with Gasteiger partial charge in [-0.2, -0.15) is 0 Å². The molecule has 0 aliphatic carbocycles. The molecule has 1 unspecified atom stereocenters. The lowest BCUT2D eigenvalue weighted by molar-refractivity contribution is 0.560. The minimum Gasteiger partial charge on any atom is -0.261 e. The van der Waals surface area contributed by atoms with Crippen LogP contribution in [-0.4, -0.2) is 10.4 Å². The van der Waals surface area contributed by atoms with Crippen LogP contribution >= 0.6 is 22.9 Å². The number of halogens is 1. The molecule has 16 heavy (non-hydrogen) atoms. The summed E-state index contributed by atoms with van der Waals surface area (Å²) in [5.74, 6) is 0.643. The van der Waals surface area contributed by atoms with E-state index in [-0.39, 0.29) is 5.38 Å². The van der Waals surface area contributed by atoms with Crippen LogP contribution in [0.5, 0.6) is 0 Å². The third-order valence-electron chi connectivity index (χ3n) is 2.60. The van der Waals surface area contributed by atoms with Gasteiger partial charge in [0.05, 0.1) is 5.69 Å². The number of pyridine rings is 1. The molecule has 3 heteroatoms. The number of nitrogens with zero attached hydrogens (tertiary/aromatic N) is 1. The topological polar surface area (TPSA) is 12.9 Å². The van der Waals surface area contributed by atoms with Gasteiger partial charge in [0.15, 0.2) is 0 Å². The van der Waals surface area contributed by atoms with Crippen LogP contribution in [0.25, 0.3) is 10.1 Å². The average molecular weight is 254 g/mol. The zero-order valence-electron chi connectivity index (χ0n) is 9.61. The highest BCUT2D eigenvalue weighted by atomic mass is 35.5. The predicted octanol–water partition coefficient (Wildman–Crippen LogP) is 4.49. The van der Waals surface area contributed by atoms with Crippen LogP contribution < -0.4 is 0 Å². The Bertz CT molecular complexity index is 464. The van der Waals surface area contributed by atoms with Gasteiger partial charge in [0.25, 0.3) is 0 Å². The van der Waals surface area contributed by atoms with Crippen molar-refractivity contribution in [3.63, 3.8) is 0 Å². The van der Waals surface area contributed by atoms with E-state index in [0.29, 0.717) is 5.92 Å². The van der Waals surface area contributed by atoms with Gasteiger partial charge in [-0.05, 0) is 29.9 Å². The van der Waals surface area contributed by atoms with Gasteiger partial charge in [0.2, 0.25) is 0 Å². The van der Waals surface area contributed by atoms with Crippen molar-refractivity contribution >= 4 is 33.0 Å². The maximum Gasteiger partial charge on any atom is 0.0505 e. The number of aromatic nitrogens is 1. The summed E-state index contributed by atoms with van der Waals surface area (Å²) < 4.78 is 1.30. The zero-order valence-corrected chi connectivity index (χ0v) is 11.2. The van der Waals surface area contributed by atoms with Gasteiger partial charge < -0.3 is 0 Å². The number of alkyl halides is 1. The number of fused-ring (bicyclic) bond motifs is 1. The average Bonchev–Trinajstić information content (AvgIpc) is 2.65. The molecule has 0 saturated heterocycles. The summed E-state index contributed by atoms with van der Waals surface area (Å²) >= 11 is 8.10. The van der Waals surface area contributed by atoms with Crippen molar-refractivity contribution in [2.75, 3.05) is 0 Å². The van der Waals surface area contributed by atoms with Crippen LogP contribution in [0.1, 0.15) is 26.0 Å². The molecular formula is C13H16ClNS. The Labute approximate surface area is 105 Å². The molecule has 2 aromatic rings. The Morgan fingerprint density at radius 1 is 1.38 bits per heavy atom. The van der Waals surface area contributed by atoms with Crippen molar-refractivity contribution in [1.82, 2.24) is 4.98 Å². The summed E-state index contributed by atoms with van der Waals surface area (Å²) in [4.78, 5) is 4.45. The van der Waals surface area contributed by atoms with E-state index in [9.17, 15) is 0 Å². The van der Waals surface area contributed by atoms with Gasteiger partial charge in [-0.15, -0.1) is 22.9 Å². The third kappa shape index (κ3) is 2.74. The molecule has 86 valence electrons. The Morgan fingerprint density at radius 2 is 2.19 bits per heavy atom. The molecule has 0 aliphatic heterocycles. The second kappa shape index (κ2) is 5.15. The van der Waals surface area contributed by atoms with Gasteiger partial charge >= 0.3 is 0 Å². The summed E-state index contributed by atoms with van der Waals surface area (Å²) in [6, 6.07) is 4.20. The Kier molecular flexibility index (Phi) is 3.82. The first-order valence-corrected chi connectivity index (χ1v) is 6.93. The molecule has 0 N–H and O–H groups in total. The van der Waals surface area contributed by atoms with E-state index < -0.39 is 0 Å². The molecule has 0 radical (unpaired) electrons. The summed E-state index contributed by atoms with van der Waals surface area (Å²) in [5, 5.41) is 3.57. The molecular weight excluding hydrogens is 238 g/mol. The summed E-state index contributed by atoms with van der Waals surface area (Å²) in [6.45, 7) is 4.40. The van der Waals surface area contributed by atoms with Crippen LogP contribution in [-0.2, 0) is 6.42 Å². The van der Waals surface area contributed by atoms with Gasteiger partial charge in [-0.1, -0.05) is 13.8 Å². The van der Waals surface area contributed by atoms with Crippen LogP contribution in [0.3, 0.4) is 0 Å². The van der Waals surface area contributed by atoms with Crippen LogP contribution in [0, 0.1) is 5.92 Å². The smallest absolute Gasteiger partial charge is 0.0505 e. The van der Waals surface area contributed by atoms with Crippen LogP contribution in [0.4, 0.5) is 0 Å². The van der Waals surface area contributed by atoms with Crippen molar-refractivity contribution in [3.05, 3.63) is 29.4 Å². The van der Waals surface area contributed by atoms with E-state index in [2.05, 4.69) is 36.3 Å². The number of hydrogen-bond donors (Lipinski definition) is 0. The molecule has 0 bridgehead atoms. The molecule has 0 aromatic carbocycles. The predicted molar refractivity (Wildman–Crippen MR) is 72.4 cm³/mol. The molecule has 2 heterocycles. The van der Waals surface area contributed by atoms with Gasteiger partial charge in [0.1, 0.15) is 0 Å². The molecule has 1 nitrogen and oxygen atoms in total. The second-order valence-electron chi connectivity index (χ2n) is 4.52. The Balaban J connectivity index is 2.17. The Morgan fingerprint density at radius 3 is 2.94 bits per heavy atom. The van der Waals surface area contributed by atoms with E-state index in [1.807, 2.05) is 6.20 Å². The first kappa shape index (κ1) is 11.9. The zero-order chi connectivity index (χ0) is 11.5. The first-order valence-electron chi connectivity index (χ1n) is 5.62. The van der Waals surface area contributed by atoms with Gasteiger partial charge in [-0.25, -0.2) is 0 Å². The van der Waals surface area contributed by atoms with Gasteiger partial charge in [-0.3, -0.25) is 4.98 Å². The summed E-state index contributed by atoms with van der Waals surface area (Å²) in [6.07, 6.45) is 3.80. The van der Waals surface area contributed by atoms with E-state index in [1.165, 1.54) is 10.1 Å². The minimum atomic E-state index is 0.193. The lowest BCUT2D eigenvalue weighted by Crippen LogP contribution is -2.08. The monoisotopic (exact) mass is 253 g/mol. The first-order chi connectivity index (χ1) is 7.66. The summed E-state index contributed by atoms with van der Waals surface area (Å²) in [7, 11) is 0. The normalized spacial score (nSPS) is 13.5. The number of thiophene rings is 1. The van der Waals surface area contributed by atoms with Crippen molar-refractivity contribution in [2.45, 2.75) is 32.1 Å². The number of hydrogen-bond acceptors (Lipinski definition) is 2. The standard InChI is InChI=1S/C13H16ClNS/c1-9(2)7-10(14)8-12-11-4-6-16-13(11)3-5-15-12/h3-6,9-10H,7-8H2,1-2H3. The molecule has 0 aliphatic rings. The largest absolute Gasteiger partial charge is 0.261 e. The van der Waals surface area contributed by atoms with Crippen LogP contribution in [0.2, 0.25) is 0 Å². The molecule has 1 atom stereocenters. The molecule has 0 fully saturated rings. The van der Waals surface area contributed by atoms with E-state index in [4.69, 9.17) is 11.6 Å². The maximum absolute atomic E-state index is 6.34. The van der Waals surface area contributed by atoms with E-state index in [1.54, 1.807) is 11.3 Å². The fourth-order valence-corrected chi connectivity index (χ4v) is 3.23. The SMILES string of the molecule is CC(C)CC(Cl)Cc1nccc2sccc12. The highest BCUT2D eigenvalue weighted by molar-refractivity contribution is 7.17. The molecule has 0 amide bonds. The Hall–Kier alpha value is -0.600. The lowest BCUT2D eigenvalue weighted by atomic mass is 10.0. The fraction of sp³-hybridized carbons (Fsp3) is 0.462. The van der Waals surface area contributed by atoms with E-state index >= 15 is 0 Å². The van der Waals surface area contributed by atoms with Crippen molar-refractivity contribution in [2.24, 2.45) is 5.92 Å². The molecule has 0 saturated carbocycles. The lowest BCUT2D eigenvalue weighted by Gasteiger charge is -2.11. The number of rotatable bonds is 4. The maximum atomic E-state index is 6.34. The van der Waals surface area contributed by atoms with Crippen molar-refractivity contribution in [1.29, 1.82) is 0 Å². The highest BCUT2D eigenvalue weighted by Crippen LogP contribution is 2.25. The second-order valence-corrected chi connectivity index (χ2v) is 6.09. The minimum absolute atomic E-state index is 0.193. The van der Waals surface area contributed by atoms with E-state index in [0.717, 1.165) is 18.5 Å². The van der Waals surface area contributed by atoms with Crippen molar-refractivity contribution < 1.29 is 0 Å². The quantitative estimate of drug-likeness (QED) is 0.732. The van der Waals surface area contributed by atoms with Crippen molar-refractivity contribution in [3.8, 4) is 0 Å². The fourth-order valence-electron chi connectivity index (χ4n) is 1.92. The highest BCUT2D eigenvalue weighted by Gasteiger charge is 2.11. The summed E-state index contributed by atoms with van der Waals surface area (Å²) in [5.41, 5.74) is 1.14. The molecule has 2 aromatic heterocycles. The molecule has 0 spiro atoms.